The molecule has 4 aromatic carbocycles. The van der Waals surface area contributed by atoms with E-state index in [1.54, 1.807) is 18.2 Å². The molecule has 0 fully saturated rings. The molecule has 1 radical (unpaired) electrons. The van der Waals surface area contributed by atoms with Crippen molar-refractivity contribution < 1.29 is 32.7 Å². The average Bonchev–Trinajstić information content (AvgIpc) is 3.76. The van der Waals surface area contributed by atoms with E-state index in [0.29, 0.717) is 33.6 Å². The maximum Gasteiger partial charge on any atom is 0.120 e. The molecular weight excluding hydrogens is 845 g/mol. The number of benzene rings is 4. The first-order chi connectivity index (χ1) is 27.3. The number of rotatable bonds is 6. The molecule has 53 heavy (non-hydrogen) atoms. The topological polar surface area (TPSA) is 56.7 Å². The largest absolute Gasteiger partial charge is 0.501 e. The van der Waals surface area contributed by atoms with Crippen LogP contribution in [0.4, 0.5) is 0 Å². The standard InChI is InChI=1S/C31H28N3O.C15H18NSi.Ir/c1-18(2)21-11-8-12-22(19(3)4)29(21)34-28-20(5)32-17-16-26(28)33-31(34)25-14-9-13-24-23-10-6-7-15-27(23)35-30(24)25;1-12-5-7-13(8-6-12)15-10-9-14(11-16-15)17(2,3)4;/h6-13,15-19H,1-5H3;5-7,9-11H,1-4H3;/q2*-1;/i5D3;1D3;. The van der Waals surface area contributed by atoms with Crippen LogP contribution in [-0.4, -0.2) is 27.6 Å². The molecule has 0 aliphatic rings. The van der Waals surface area contributed by atoms with Crippen LogP contribution in [0.25, 0.3) is 61.3 Å². The second-order valence-electron chi connectivity index (χ2n) is 14.8. The monoisotopic (exact) mass is 897 g/mol. The van der Waals surface area contributed by atoms with Crippen LogP contribution >= 0.6 is 0 Å². The van der Waals surface area contributed by atoms with Crippen LogP contribution < -0.4 is 5.19 Å². The Hall–Kier alpha value is -4.68. The Morgan fingerprint density at radius 2 is 1.57 bits per heavy atom. The van der Waals surface area contributed by atoms with Gasteiger partial charge in [0, 0.05) is 51.8 Å². The summed E-state index contributed by atoms with van der Waals surface area (Å²) in [7, 11) is -1.34. The first-order valence-corrected chi connectivity index (χ1v) is 21.2. The Morgan fingerprint density at radius 1 is 0.792 bits per heavy atom. The zero-order valence-corrected chi connectivity index (χ0v) is 34.4. The SMILES string of the molecule is [2H]C([2H])([2H])c1c[c-]c(-c2ccc([Si](C)(C)C)cn2)cc1.[2H]C([2H])([2H])c1nccc2nc(-c3[c-]ccc4c3oc3ccccc34)n(-c3c(C(C)C)cccc3C(C)C)c12.[Ir]. The summed E-state index contributed by atoms with van der Waals surface area (Å²) >= 11 is 0. The molecule has 0 aliphatic heterocycles. The molecule has 8 rings (SSSR count). The van der Waals surface area contributed by atoms with Crippen LogP contribution in [0.5, 0.6) is 0 Å². The minimum Gasteiger partial charge on any atom is -0.501 e. The first kappa shape index (κ1) is 30.7. The van der Waals surface area contributed by atoms with Crippen LogP contribution in [0.3, 0.4) is 0 Å². The molecule has 0 saturated carbocycles. The Kier molecular flexibility index (Phi) is 8.90. The predicted octanol–water partition coefficient (Wildman–Crippen LogP) is 11.7. The van der Waals surface area contributed by atoms with Gasteiger partial charge in [0.25, 0.3) is 0 Å². The number of aryl methyl sites for hydroxylation is 2. The van der Waals surface area contributed by atoms with Crippen molar-refractivity contribution >= 4 is 46.2 Å². The Bertz CT molecular complexity index is 2670. The molecule has 4 aromatic heterocycles. The van der Waals surface area contributed by atoms with Crippen LogP contribution in [0.1, 0.15) is 70.1 Å². The van der Waals surface area contributed by atoms with Gasteiger partial charge in [0.15, 0.2) is 0 Å². The number of nitrogens with zero attached hydrogens (tertiary/aromatic N) is 4. The van der Waals surface area contributed by atoms with Gasteiger partial charge in [0.1, 0.15) is 5.58 Å². The molecule has 271 valence electrons. The van der Waals surface area contributed by atoms with Gasteiger partial charge in [0.05, 0.1) is 36.2 Å². The van der Waals surface area contributed by atoms with Crippen LogP contribution in [0.15, 0.2) is 108 Å². The zero-order valence-electron chi connectivity index (χ0n) is 37.0. The van der Waals surface area contributed by atoms with E-state index in [9.17, 15) is 0 Å². The van der Waals surface area contributed by atoms with E-state index >= 15 is 0 Å². The van der Waals surface area contributed by atoms with Gasteiger partial charge in [-0.2, -0.15) is 0 Å². The third-order valence-corrected chi connectivity index (χ3v) is 11.4. The first-order valence-electron chi connectivity index (χ1n) is 20.7. The van der Waals surface area contributed by atoms with Gasteiger partial charge in [-0.25, -0.2) is 0 Å². The van der Waals surface area contributed by atoms with Gasteiger partial charge in [-0.05, 0) is 52.8 Å². The maximum absolute atomic E-state index is 8.31. The van der Waals surface area contributed by atoms with Crippen molar-refractivity contribution in [3.8, 4) is 28.3 Å². The second kappa shape index (κ2) is 15.4. The summed E-state index contributed by atoms with van der Waals surface area (Å²) in [6, 6.07) is 35.2. The normalized spacial score (nSPS) is 13.8. The average molecular weight is 897 g/mol. The molecular formula is C46H46IrN4OSi-2. The fourth-order valence-corrected chi connectivity index (χ4v) is 7.65. The molecule has 0 saturated heterocycles. The van der Waals surface area contributed by atoms with Crippen LogP contribution in [0.2, 0.25) is 19.6 Å². The Morgan fingerprint density at radius 3 is 2.21 bits per heavy atom. The van der Waals surface area contributed by atoms with Crippen LogP contribution in [-0.2, 0) is 20.1 Å². The van der Waals surface area contributed by atoms with E-state index in [-0.39, 0.29) is 37.6 Å². The zero-order chi connectivity index (χ0) is 41.7. The van der Waals surface area contributed by atoms with Gasteiger partial charge in [-0.3, -0.25) is 9.97 Å². The molecule has 0 N–H and O–H groups in total. The van der Waals surface area contributed by atoms with Crippen molar-refractivity contribution in [1.82, 2.24) is 19.5 Å². The van der Waals surface area contributed by atoms with Crippen molar-refractivity contribution in [2.45, 2.75) is 72.9 Å². The Balaban J connectivity index is 0.000000236. The molecule has 0 amide bonds. The molecule has 8 aromatic rings. The molecule has 0 spiro atoms. The molecule has 5 nitrogen and oxygen atoms in total. The van der Waals surface area contributed by atoms with Crippen molar-refractivity contribution in [2.24, 2.45) is 0 Å². The minimum absolute atomic E-state index is 0. The molecule has 0 aliphatic carbocycles. The van der Waals surface area contributed by atoms with E-state index in [1.165, 1.54) is 17.4 Å². The van der Waals surface area contributed by atoms with Gasteiger partial charge in [-0.1, -0.05) is 114 Å². The van der Waals surface area contributed by atoms with Crippen molar-refractivity contribution in [3.63, 3.8) is 0 Å². The number of pyridine rings is 2. The third-order valence-electron chi connectivity index (χ3n) is 9.41. The second-order valence-corrected chi connectivity index (χ2v) is 19.8. The number of hydrogen-bond donors (Lipinski definition) is 0. The number of hydrogen-bond acceptors (Lipinski definition) is 4. The molecule has 0 bridgehead atoms. The summed E-state index contributed by atoms with van der Waals surface area (Å²) in [6.45, 7) is 10.9. The summed E-state index contributed by atoms with van der Waals surface area (Å²) in [4.78, 5) is 13.9. The van der Waals surface area contributed by atoms with Crippen molar-refractivity contribution in [3.05, 3.63) is 138 Å². The van der Waals surface area contributed by atoms with Gasteiger partial charge in [0.2, 0.25) is 0 Å². The van der Waals surface area contributed by atoms with Gasteiger partial charge >= 0.3 is 0 Å². The molecule has 0 atom stereocenters. The van der Waals surface area contributed by atoms with E-state index in [0.717, 1.165) is 44.4 Å². The molecule has 0 unspecified atom stereocenters. The summed E-state index contributed by atoms with van der Waals surface area (Å²) in [5.41, 5.74) is 8.30. The fourth-order valence-electron chi connectivity index (χ4n) is 6.62. The summed E-state index contributed by atoms with van der Waals surface area (Å²) < 4.78 is 55.3. The minimum atomic E-state index is -2.42. The number of para-hydroxylation sites is 2. The Labute approximate surface area is 336 Å². The maximum atomic E-state index is 8.31. The molecule has 4 heterocycles. The van der Waals surface area contributed by atoms with Gasteiger partial charge < -0.3 is 14.0 Å². The quantitative estimate of drug-likeness (QED) is 0.123. The summed E-state index contributed by atoms with van der Waals surface area (Å²) in [5.74, 6) is 0.957. The van der Waals surface area contributed by atoms with E-state index in [4.69, 9.17) is 17.6 Å². The third kappa shape index (κ3) is 7.44. The van der Waals surface area contributed by atoms with E-state index in [2.05, 4.69) is 93.7 Å². The number of imidazole rings is 1. The smallest absolute Gasteiger partial charge is 0.120 e. The summed E-state index contributed by atoms with van der Waals surface area (Å²) in [5, 5.41) is 3.28. The van der Waals surface area contributed by atoms with Crippen molar-refractivity contribution in [1.29, 1.82) is 0 Å². The summed E-state index contributed by atoms with van der Waals surface area (Å²) in [6.07, 6.45) is 3.45. The number of aromatic nitrogens is 4. The van der Waals surface area contributed by atoms with Crippen molar-refractivity contribution in [2.75, 3.05) is 0 Å². The number of furan rings is 1. The van der Waals surface area contributed by atoms with Gasteiger partial charge in [-0.15, -0.1) is 53.6 Å². The molecule has 7 heteroatoms. The predicted molar refractivity (Wildman–Crippen MR) is 220 cm³/mol. The fraction of sp³-hybridized carbons (Fsp3) is 0.239. The van der Waals surface area contributed by atoms with E-state index < -0.39 is 21.8 Å². The number of fused-ring (bicyclic) bond motifs is 4. The van der Waals surface area contributed by atoms with Crippen LogP contribution in [0, 0.1) is 25.8 Å². The van der Waals surface area contributed by atoms with E-state index in [1.807, 2.05) is 53.2 Å².